The largest absolute Gasteiger partial charge is 0.472 e. The second-order valence-electron chi connectivity index (χ2n) is 11.3. The summed E-state index contributed by atoms with van der Waals surface area (Å²) in [6.07, 6.45) is 19.3. The Hall–Kier alpha value is -6.36. The second kappa shape index (κ2) is 15.7. The maximum Gasteiger partial charge on any atom is 0.101 e. The molecule has 2 N–H and O–H groups in total. The number of H-pyrrole nitrogens is 2. The number of pyridine rings is 3. The smallest absolute Gasteiger partial charge is 0.101 e. The van der Waals surface area contributed by atoms with E-state index < -0.39 is 0 Å². The normalized spacial score (nSPS) is 11.5. The Morgan fingerprint density at radius 1 is 0.731 bits per heavy atom. The van der Waals surface area contributed by atoms with Gasteiger partial charge in [0.25, 0.3) is 0 Å². The van der Waals surface area contributed by atoms with Crippen LogP contribution in [0.15, 0.2) is 143 Å². The van der Waals surface area contributed by atoms with Crippen molar-refractivity contribution in [3.8, 4) is 23.3 Å². The van der Waals surface area contributed by atoms with Crippen LogP contribution < -0.4 is 0 Å². The molecule has 2 aromatic carbocycles. The van der Waals surface area contributed by atoms with Crippen LogP contribution in [-0.4, -0.2) is 24.9 Å². The first-order valence-corrected chi connectivity index (χ1v) is 17.3. The molecule has 52 heavy (non-hydrogen) atoms. The third-order valence-corrected chi connectivity index (χ3v) is 9.57. The summed E-state index contributed by atoms with van der Waals surface area (Å²) in [5, 5.41) is 23.4. The molecule has 0 saturated carbocycles. The molecule has 8 nitrogen and oxygen atoms in total. The van der Waals surface area contributed by atoms with Crippen LogP contribution in [0.5, 0.6) is 0 Å². The van der Waals surface area contributed by atoms with Crippen LogP contribution in [0.3, 0.4) is 0 Å². The quantitative estimate of drug-likeness (QED) is 0.156. The zero-order valence-corrected chi connectivity index (χ0v) is 29.4. The summed E-state index contributed by atoms with van der Waals surface area (Å²) in [6.45, 7) is 0. The molecule has 0 amide bonds. The molecule has 0 aliphatic rings. The van der Waals surface area contributed by atoms with E-state index in [1.54, 1.807) is 43.5 Å². The van der Waals surface area contributed by atoms with E-state index in [1.807, 2.05) is 97.3 Å². The van der Waals surface area contributed by atoms with Crippen molar-refractivity contribution in [3.63, 3.8) is 0 Å². The number of allylic oxidation sites excluding steroid dienone is 2. The summed E-state index contributed by atoms with van der Waals surface area (Å²) in [4.78, 5) is 20.1. The lowest BCUT2D eigenvalue weighted by Gasteiger charge is -2.05. The molecule has 0 unspecified atom stereocenters. The van der Waals surface area contributed by atoms with Gasteiger partial charge in [0, 0.05) is 108 Å². The van der Waals surface area contributed by atoms with Gasteiger partial charge in [0.05, 0.1) is 35.8 Å². The van der Waals surface area contributed by atoms with E-state index in [0.29, 0.717) is 21.2 Å². The number of halogens is 2. The average molecular weight is 735 g/mol. The van der Waals surface area contributed by atoms with Crippen LogP contribution in [0.4, 0.5) is 0 Å². The lowest BCUT2D eigenvalue weighted by molar-refractivity contribution is 0.568. The zero-order chi connectivity index (χ0) is 35.9. The van der Waals surface area contributed by atoms with E-state index in [4.69, 9.17) is 27.6 Å². The Balaban J connectivity index is 0.000000162. The van der Waals surface area contributed by atoms with E-state index >= 15 is 0 Å². The van der Waals surface area contributed by atoms with Crippen LogP contribution >= 0.6 is 35.0 Å². The maximum absolute atomic E-state index is 9.76. The van der Waals surface area contributed by atoms with Crippen LogP contribution in [0, 0.1) is 22.7 Å². The zero-order valence-electron chi connectivity index (χ0n) is 27.1. The number of nitriles is 2. The number of furan rings is 1. The number of hydrogen-bond acceptors (Lipinski definition) is 7. The molecule has 11 heteroatoms. The minimum absolute atomic E-state index is 0.534. The van der Waals surface area contributed by atoms with Crippen LogP contribution in [0.25, 0.3) is 56.2 Å². The van der Waals surface area contributed by atoms with Gasteiger partial charge in [-0.25, -0.2) is 4.98 Å². The van der Waals surface area contributed by atoms with E-state index in [1.165, 1.54) is 11.8 Å². The van der Waals surface area contributed by atoms with Crippen LogP contribution in [-0.2, 0) is 0 Å². The number of nitrogens with zero attached hydrogens (tertiary/aromatic N) is 5. The third-order valence-electron chi connectivity index (χ3n) is 8.05. The van der Waals surface area contributed by atoms with Crippen LogP contribution in [0.1, 0.15) is 22.3 Å². The molecule has 0 aliphatic carbocycles. The number of aromatic amines is 2. The summed E-state index contributed by atoms with van der Waals surface area (Å²) < 4.78 is 5.17. The first-order valence-electron chi connectivity index (χ1n) is 15.8. The Labute approximate surface area is 312 Å². The van der Waals surface area contributed by atoms with Gasteiger partial charge in [0.2, 0.25) is 0 Å². The molecule has 8 aromatic rings. The molecule has 0 atom stereocenters. The number of nitrogens with one attached hydrogen (secondary N) is 2. The maximum atomic E-state index is 9.76. The highest BCUT2D eigenvalue weighted by atomic mass is 35.5. The van der Waals surface area contributed by atoms with E-state index in [2.05, 4.69) is 37.1 Å². The summed E-state index contributed by atoms with van der Waals surface area (Å²) in [6, 6.07) is 27.2. The lowest BCUT2D eigenvalue weighted by Crippen LogP contribution is -1.86. The number of fused-ring (bicyclic) bond motifs is 2. The first kappa shape index (κ1) is 34.1. The van der Waals surface area contributed by atoms with Gasteiger partial charge in [0.15, 0.2) is 0 Å². The van der Waals surface area contributed by atoms with Crippen molar-refractivity contribution < 1.29 is 4.42 Å². The fourth-order valence-corrected chi connectivity index (χ4v) is 6.79. The predicted octanol–water partition coefficient (Wildman–Crippen LogP) is 11.4. The third kappa shape index (κ3) is 7.53. The fourth-order valence-electron chi connectivity index (χ4n) is 5.60. The van der Waals surface area contributed by atoms with Gasteiger partial charge in [-0.3, -0.25) is 9.97 Å². The van der Waals surface area contributed by atoms with Crippen molar-refractivity contribution in [3.05, 3.63) is 161 Å². The summed E-state index contributed by atoms with van der Waals surface area (Å²) >= 11 is 13.8. The monoisotopic (exact) mass is 733 g/mol. The van der Waals surface area contributed by atoms with Gasteiger partial charge in [-0.15, -0.1) is 0 Å². The summed E-state index contributed by atoms with van der Waals surface area (Å²) in [5.41, 5.74) is 8.16. The molecule has 0 radical (unpaired) electrons. The average Bonchev–Trinajstić information content (AvgIpc) is 3.95. The van der Waals surface area contributed by atoms with Gasteiger partial charge >= 0.3 is 0 Å². The Morgan fingerprint density at radius 2 is 1.37 bits per heavy atom. The van der Waals surface area contributed by atoms with Gasteiger partial charge in [-0.2, -0.15) is 10.5 Å². The van der Waals surface area contributed by atoms with Crippen molar-refractivity contribution in [1.29, 1.82) is 10.5 Å². The molecule has 0 spiro atoms. The highest BCUT2D eigenvalue weighted by Gasteiger charge is 2.13. The summed E-state index contributed by atoms with van der Waals surface area (Å²) in [5.74, 6) is 0. The first-order chi connectivity index (χ1) is 25.5. The van der Waals surface area contributed by atoms with Crippen molar-refractivity contribution in [1.82, 2.24) is 24.9 Å². The molecule has 0 bridgehead atoms. The Morgan fingerprint density at radius 3 is 1.96 bits per heavy atom. The second-order valence-corrected chi connectivity index (χ2v) is 13.2. The van der Waals surface area contributed by atoms with Crippen molar-refractivity contribution in [2.75, 3.05) is 0 Å². The minimum Gasteiger partial charge on any atom is -0.472 e. The van der Waals surface area contributed by atoms with Gasteiger partial charge < -0.3 is 14.4 Å². The fraction of sp³-hybridized carbons (Fsp3) is 0. The number of benzene rings is 2. The SMILES string of the molecule is N#C/C(=C\c1cnccc1-c1ccoc1)c1c[nH]c2ccc(Cl)cc12.N#C/C(=C\c1cnccc1Sc1ccccn1)c1c[nH]c2ccc(Cl)cc12. The molecule has 6 aromatic heterocycles. The predicted molar refractivity (Wildman–Crippen MR) is 208 cm³/mol. The molecule has 0 saturated heterocycles. The highest BCUT2D eigenvalue weighted by molar-refractivity contribution is 7.99. The highest BCUT2D eigenvalue weighted by Crippen LogP contribution is 2.34. The minimum atomic E-state index is 0.534. The molecule has 0 fully saturated rings. The Kier molecular flexibility index (Phi) is 10.3. The van der Waals surface area contributed by atoms with Crippen molar-refractivity contribution in [2.45, 2.75) is 9.92 Å². The molecular weight excluding hydrogens is 709 g/mol. The van der Waals surface area contributed by atoms with E-state index in [0.717, 1.165) is 65.1 Å². The van der Waals surface area contributed by atoms with Gasteiger partial charge in [-0.1, -0.05) is 41.0 Å². The number of aromatic nitrogens is 5. The van der Waals surface area contributed by atoms with E-state index in [9.17, 15) is 10.5 Å². The topological polar surface area (TPSA) is 131 Å². The Bertz CT molecular complexity index is 2670. The lowest BCUT2D eigenvalue weighted by atomic mass is 9.99. The molecular formula is C41H25Cl2N7OS. The van der Waals surface area contributed by atoms with E-state index in [-0.39, 0.29) is 0 Å². The van der Waals surface area contributed by atoms with Gasteiger partial charge in [0.1, 0.15) is 5.03 Å². The molecule has 250 valence electrons. The molecule has 0 aliphatic heterocycles. The van der Waals surface area contributed by atoms with Crippen molar-refractivity contribution in [2.24, 2.45) is 0 Å². The van der Waals surface area contributed by atoms with Crippen molar-refractivity contribution >= 4 is 80.1 Å². The van der Waals surface area contributed by atoms with Gasteiger partial charge in [-0.05, 0) is 84.4 Å². The summed E-state index contributed by atoms with van der Waals surface area (Å²) in [7, 11) is 0. The molecule has 8 rings (SSSR count). The van der Waals surface area contributed by atoms with Crippen LogP contribution in [0.2, 0.25) is 10.0 Å². The number of hydrogen-bond donors (Lipinski definition) is 2. The number of rotatable bonds is 7. The standard InChI is InChI=1S/C21H13ClN4S.C20H12ClN3O/c22-16-4-5-19-17(10-16)18(13-26-19)14(11-23)9-15-12-24-8-6-20(15)27-21-3-1-2-7-25-21;21-16-1-2-20-18(8-16)19(11-24-20)14(9-22)7-15-10-23-5-3-17(15)13-4-6-25-12-13/h1-10,12-13,26H;1-8,10-12,24H/b14-9+;14-7+. The molecule has 6 heterocycles.